The average molecular weight is 575 g/mol. The van der Waals surface area contributed by atoms with Gasteiger partial charge in [0.05, 0.1) is 16.3 Å². The van der Waals surface area contributed by atoms with E-state index in [0.29, 0.717) is 11.4 Å². The van der Waals surface area contributed by atoms with Crippen LogP contribution in [0.4, 0.5) is 5.69 Å². The van der Waals surface area contributed by atoms with E-state index in [2.05, 4.69) is 33.1 Å². The summed E-state index contributed by atoms with van der Waals surface area (Å²) in [5.74, 6) is -0.534. The van der Waals surface area contributed by atoms with Crippen molar-refractivity contribution in [2.24, 2.45) is 5.10 Å². The van der Waals surface area contributed by atoms with E-state index in [1.54, 1.807) is 43.3 Å². The van der Waals surface area contributed by atoms with Crippen LogP contribution in [-0.2, 0) is 14.8 Å². The Kier molecular flexibility index (Phi) is 7.91. The highest BCUT2D eigenvalue weighted by Gasteiger charge is 2.27. The summed E-state index contributed by atoms with van der Waals surface area (Å²) in [6, 6.07) is 19.6. The Morgan fingerprint density at radius 1 is 0.939 bits per heavy atom. The van der Waals surface area contributed by atoms with Gasteiger partial charge >= 0.3 is 0 Å². The van der Waals surface area contributed by atoms with Crippen LogP contribution in [0.15, 0.2) is 76.7 Å². The first-order valence-corrected chi connectivity index (χ1v) is 12.9. The molecule has 6 nitrogen and oxygen atoms in total. The van der Waals surface area contributed by atoms with Gasteiger partial charge in [-0.15, -0.1) is 0 Å². The quantitative estimate of drug-likeness (QED) is 0.246. The Balaban J connectivity index is 1.90. The van der Waals surface area contributed by atoms with Gasteiger partial charge in [-0.3, -0.25) is 9.10 Å². The van der Waals surface area contributed by atoms with Crippen molar-refractivity contribution in [1.82, 2.24) is 5.43 Å². The number of amides is 1. The number of halogens is 1. The summed E-state index contributed by atoms with van der Waals surface area (Å²) in [5.41, 5.74) is 7.33. The highest BCUT2D eigenvalue weighted by Crippen LogP contribution is 2.26. The first kappa shape index (κ1) is 24.9. The number of sulfonamides is 1. The molecular formula is C25H26IN3O3S. The van der Waals surface area contributed by atoms with Gasteiger partial charge in [0.1, 0.15) is 6.54 Å². The lowest BCUT2D eigenvalue weighted by Crippen LogP contribution is -2.39. The number of hydrogen-bond acceptors (Lipinski definition) is 4. The number of carbonyl (C=O) groups excluding carboxylic acids is 1. The maximum atomic E-state index is 13.5. The Bertz CT molecular complexity index is 1290. The maximum absolute atomic E-state index is 13.5. The van der Waals surface area contributed by atoms with Crippen molar-refractivity contribution in [3.05, 3.63) is 92.6 Å². The lowest BCUT2D eigenvalue weighted by atomic mass is 10.1. The van der Waals surface area contributed by atoms with Gasteiger partial charge in [0.15, 0.2) is 0 Å². The van der Waals surface area contributed by atoms with Crippen LogP contribution in [0.2, 0.25) is 0 Å². The zero-order valence-electron chi connectivity index (χ0n) is 19.0. The summed E-state index contributed by atoms with van der Waals surface area (Å²) in [7, 11) is -3.97. The lowest BCUT2D eigenvalue weighted by molar-refractivity contribution is -0.119. The first-order chi connectivity index (χ1) is 15.6. The Hall–Kier alpha value is -2.72. The smallest absolute Gasteiger partial charge is 0.264 e. The van der Waals surface area contributed by atoms with Crippen LogP contribution in [0.1, 0.15) is 29.2 Å². The summed E-state index contributed by atoms with van der Waals surface area (Å²) in [6.07, 6.45) is 0. The van der Waals surface area contributed by atoms with Gasteiger partial charge in [-0.25, -0.2) is 13.8 Å². The predicted molar refractivity (Wildman–Crippen MR) is 141 cm³/mol. The lowest BCUT2D eigenvalue weighted by Gasteiger charge is -2.24. The fourth-order valence-electron chi connectivity index (χ4n) is 3.10. The molecule has 0 saturated heterocycles. The van der Waals surface area contributed by atoms with E-state index in [9.17, 15) is 13.2 Å². The molecular weight excluding hydrogens is 549 g/mol. The second-order valence-electron chi connectivity index (χ2n) is 7.83. The van der Waals surface area contributed by atoms with Gasteiger partial charge in [-0.2, -0.15) is 5.10 Å². The summed E-state index contributed by atoms with van der Waals surface area (Å²) in [6.45, 7) is 7.13. The number of hydrogen-bond donors (Lipinski definition) is 1. The van der Waals surface area contributed by atoms with Gasteiger partial charge in [0, 0.05) is 3.57 Å². The Morgan fingerprint density at radius 2 is 1.58 bits per heavy atom. The number of benzene rings is 3. The molecule has 0 aromatic heterocycles. The van der Waals surface area contributed by atoms with Crippen LogP contribution < -0.4 is 9.73 Å². The van der Waals surface area contributed by atoms with Crippen molar-refractivity contribution in [2.45, 2.75) is 32.6 Å². The number of rotatable bonds is 7. The normalized spacial score (nSPS) is 11.8. The van der Waals surface area contributed by atoms with E-state index in [-0.39, 0.29) is 4.90 Å². The molecule has 0 spiro atoms. The number of carbonyl (C=O) groups is 1. The fraction of sp³-hybridized carbons (Fsp3) is 0.200. The Morgan fingerprint density at radius 3 is 2.18 bits per heavy atom. The molecule has 0 fully saturated rings. The number of nitrogens with one attached hydrogen (secondary N) is 1. The second kappa shape index (κ2) is 10.5. The molecule has 0 aliphatic heterocycles. The Labute approximate surface area is 208 Å². The molecule has 0 unspecified atom stereocenters. The van der Waals surface area contributed by atoms with Gasteiger partial charge in [0.25, 0.3) is 15.9 Å². The maximum Gasteiger partial charge on any atom is 0.264 e. The van der Waals surface area contributed by atoms with E-state index in [0.717, 1.165) is 30.1 Å². The minimum absolute atomic E-state index is 0.123. The minimum Gasteiger partial charge on any atom is -0.271 e. The second-order valence-corrected chi connectivity index (χ2v) is 10.9. The third-order valence-corrected chi connectivity index (χ3v) is 7.79. The van der Waals surface area contributed by atoms with Crippen molar-refractivity contribution < 1.29 is 13.2 Å². The van der Waals surface area contributed by atoms with Crippen molar-refractivity contribution in [3.63, 3.8) is 0 Å². The topological polar surface area (TPSA) is 78.8 Å². The fourth-order valence-corrected chi connectivity index (χ4v) is 4.87. The van der Waals surface area contributed by atoms with Gasteiger partial charge in [-0.1, -0.05) is 35.9 Å². The van der Waals surface area contributed by atoms with Gasteiger partial charge in [0.2, 0.25) is 0 Å². The molecule has 0 bridgehead atoms. The molecule has 3 aromatic carbocycles. The van der Waals surface area contributed by atoms with E-state index in [1.165, 1.54) is 0 Å². The van der Waals surface area contributed by atoms with Crippen LogP contribution in [0.3, 0.4) is 0 Å². The zero-order chi connectivity index (χ0) is 24.2. The molecule has 1 amide bonds. The summed E-state index contributed by atoms with van der Waals surface area (Å²) in [4.78, 5) is 12.9. The summed E-state index contributed by atoms with van der Waals surface area (Å²) < 4.78 is 29.2. The van der Waals surface area contributed by atoms with Crippen molar-refractivity contribution in [1.29, 1.82) is 0 Å². The average Bonchev–Trinajstić information content (AvgIpc) is 2.78. The molecule has 0 saturated carbocycles. The SMILES string of the molecule is C/C(=N/NC(=O)CN(c1ccc(C)c(C)c1)S(=O)(=O)c1ccc(C)cc1)c1ccc(I)cc1. The standard InChI is InChI=1S/C25H26IN3O3S/c1-17-5-13-24(14-6-17)33(31,32)29(23-12-7-18(2)19(3)15-23)16-25(30)28-27-20(4)21-8-10-22(26)11-9-21/h5-15H,16H2,1-4H3,(H,28,30)/b27-20-. The largest absolute Gasteiger partial charge is 0.271 e. The summed E-state index contributed by atoms with van der Waals surface area (Å²) in [5, 5.41) is 4.16. The number of nitrogens with zero attached hydrogens (tertiary/aromatic N) is 2. The number of hydrazone groups is 1. The molecule has 1 N–H and O–H groups in total. The molecule has 0 atom stereocenters. The van der Waals surface area contributed by atoms with Crippen LogP contribution in [-0.4, -0.2) is 26.6 Å². The molecule has 0 radical (unpaired) electrons. The predicted octanol–water partition coefficient (Wildman–Crippen LogP) is 4.95. The third-order valence-electron chi connectivity index (χ3n) is 5.28. The van der Waals surface area contributed by atoms with E-state index in [1.807, 2.05) is 51.1 Å². The monoisotopic (exact) mass is 575 g/mol. The molecule has 8 heteroatoms. The van der Waals surface area contributed by atoms with E-state index < -0.39 is 22.5 Å². The summed E-state index contributed by atoms with van der Waals surface area (Å²) >= 11 is 2.22. The highest BCUT2D eigenvalue weighted by molar-refractivity contribution is 14.1. The number of anilines is 1. The van der Waals surface area contributed by atoms with Crippen LogP contribution >= 0.6 is 22.6 Å². The molecule has 3 rings (SSSR count). The molecule has 172 valence electrons. The molecule has 0 heterocycles. The first-order valence-electron chi connectivity index (χ1n) is 10.3. The third kappa shape index (κ3) is 6.20. The van der Waals surface area contributed by atoms with Gasteiger partial charge < -0.3 is 0 Å². The van der Waals surface area contributed by atoms with Crippen LogP contribution in [0.25, 0.3) is 0 Å². The number of aryl methyl sites for hydroxylation is 3. The van der Waals surface area contributed by atoms with Gasteiger partial charge in [-0.05, 0) is 103 Å². The van der Waals surface area contributed by atoms with E-state index >= 15 is 0 Å². The molecule has 0 aliphatic carbocycles. The highest BCUT2D eigenvalue weighted by atomic mass is 127. The van der Waals surface area contributed by atoms with Crippen molar-refractivity contribution in [3.8, 4) is 0 Å². The molecule has 3 aromatic rings. The van der Waals surface area contributed by atoms with E-state index in [4.69, 9.17) is 0 Å². The zero-order valence-corrected chi connectivity index (χ0v) is 21.9. The van der Waals surface area contributed by atoms with Crippen LogP contribution in [0.5, 0.6) is 0 Å². The molecule has 0 aliphatic rings. The van der Waals surface area contributed by atoms with Crippen molar-refractivity contribution >= 4 is 49.9 Å². The van der Waals surface area contributed by atoms with Crippen molar-refractivity contribution in [2.75, 3.05) is 10.8 Å². The minimum atomic E-state index is -3.97. The van der Waals surface area contributed by atoms with Crippen LogP contribution in [0, 0.1) is 24.3 Å². The molecule has 33 heavy (non-hydrogen) atoms.